The van der Waals surface area contributed by atoms with Crippen molar-refractivity contribution in [2.75, 3.05) is 34.4 Å². The maximum absolute atomic E-state index is 12.5. The third-order valence-electron chi connectivity index (χ3n) is 5.78. The fourth-order valence-electron chi connectivity index (χ4n) is 3.83. The molecule has 9 nitrogen and oxygen atoms in total. The zero-order chi connectivity index (χ0) is 26.8. The number of ketones is 2. The number of ether oxygens (including phenoxy) is 4. The monoisotopic (exact) mass is 508 g/mol. The summed E-state index contributed by atoms with van der Waals surface area (Å²) in [5.41, 5.74) is 7.33. The molecule has 0 radical (unpaired) electrons. The number of benzene rings is 2. The number of hydrogen-bond acceptors (Lipinski definition) is 8. The van der Waals surface area contributed by atoms with Gasteiger partial charge >= 0.3 is 6.09 Å². The SMILES string of the molecule is COc1ccc(/C=C/C(=O)CC(=O)/C=C/c2ccc(OC(=O)N3CCCC(N)C3)c(OC)c2)cc1OC. The van der Waals surface area contributed by atoms with Crippen molar-refractivity contribution >= 4 is 29.8 Å². The Morgan fingerprint density at radius 2 is 1.41 bits per heavy atom. The van der Waals surface area contributed by atoms with Crippen molar-refractivity contribution in [3.63, 3.8) is 0 Å². The van der Waals surface area contributed by atoms with E-state index in [1.165, 1.54) is 26.4 Å². The number of carbonyl (C=O) groups excluding carboxylic acids is 3. The Bertz CT molecular complexity index is 1190. The first-order valence-corrected chi connectivity index (χ1v) is 11.9. The lowest BCUT2D eigenvalue weighted by Gasteiger charge is -2.29. The summed E-state index contributed by atoms with van der Waals surface area (Å²) in [6.45, 7) is 1.05. The van der Waals surface area contributed by atoms with E-state index in [2.05, 4.69) is 0 Å². The summed E-state index contributed by atoms with van der Waals surface area (Å²) in [6, 6.07) is 10.1. The molecular weight excluding hydrogens is 476 g/mol. The second kappa shape index (κ2) is 13.3. The predicted octanol–water partition coefficient (Wildman–Crippen LogP) is 3.89. The van der Waals surface area contributed by atoms with E-state index in [0.717, 1.165) is 18.4 Å². The Hall–Kier alpha value is -4.11. The Morgan fingerprint density at radius 1 is 0.865 bits per heavy atom. The van der Waals surface area contributed by atoms with Crippen LogP contribution in [0.3, 0.4) is 0 Å². The first-order chi connectivity index (χ1) is 17.8. The second-order valence-corrected chi connectivity index (χ2v) is 8.52. The van der Waals surface area contributed by atoms with E-state index in [1.54, 1.807) is 60.6 Å². The molecule has 1 amide bonds. The van der Waals surface area contributed by atoms with Crippen molar-refractivity contribution in [2.45, 2.75) is 25.3 Å². The average molecular weight is 509 g/mol. The summed E-state index contributed by atoms with van der Waals surface area (Å²) < 4.78 is 21.3. The molecule has 9 heteroatoms. The van der Waals surface area contributed by atoms with Crippen LogP contribution in [-0.4, -0.2) is 63.0 Å². The van der Waals surface area contributed by atoms with Crippen LogP contribution in [-0.2, 0) is 9.59 Å². The number of likely N-dealkylation sites (tertiary alicyclic amines) is 1. The average Bonchev–Trinajstić information content (AvgIpc) is 2.91. The van der Waals surface area contributed by atoms with E-state index in [9.17, 15) is 14.4 Å². The molecule has 0 aliphatic carbocycles. The van der Waals surface area contributed by atoms with E-state index < -0.39 is 6.09 Å². The van der Waals surface area contributed by atoms with Crippen LogP contribution in [0.5, 0.6) is 23.0 Å². The summed E-state index contributed by atoms with van der Waals surface area (Å²) in [5, 5.41) is 0. The molecule has 1 aliphatic heterocycles. The summed E-state index contributed by atoms with van der Waals surface area (Å²) in [7, 11) is 4.54. The van der Waals surface area contributed by atoms with Crippen LogP contribution < -0.4 is 24.7 Å². The van der Waals surface area contributed by atoms with Gasteiger partial charge in [0, 0.05) is 19.1 Å². The van der Waals surface area contributed by atoms with Crippen LogP contribution in [0, 0.1) is 0 Å². The van der Waals surface area contributed by atoms with Gasteiger partial charge in [-0.1, -0.05) is 24.3 Å². The lowest BCUT2D eigenvalue weighted by atomic mass is 10.1. The zero-order valence-corrected chi connectivity index (χ0v) is 21.3. The van der Waals surface area contributed by atoms with E-state index in [0.29, 0.717) is 35.9 Å². The van der Waals surface area contributed by atoms with Gasteiger partial charge < -0.3 is 29.6 Å². The minimum atomic E-state index is -0.480. The molecule has 2 aromatic carbocycles. The molecule has 1 fully saturated rings. The summed E-state index contributed by atoms with van der Waals surface area (Å²) in [6.07, 6.45) is 6.84. The third kappa shape index (κ3) is 7.94. The fraction of sp³-hybridized carbons (Fsp3) is 0.321. The third-order valence-corrected chi connectivity index (χ3v) is 5.78. The lowest BCUT2D eigenvalue weighted by Crippen LogP contribution is -2.46. The molecule has 0 saturated carbocycles. The highest BCUT2D eigenvalue weighted by Crippen LogP contribution is 2.30. The van der Waals surface area contributed by atoms with Gasteiger partial charge in [-0.15, -0.1) is 0 Å². The highest BCUT2D eigenvalue weighted by atomic mass is 16.6. The number of amides is 1. The number of rotatable bonds is 10. The van der Waals surface area contributed by atoms with Gasteiger partial charge in [-0.05, 0) is 60.4 Å². The quantitative estimate of drug-likeness (QED) is 0.379. The van der Waals surface area contributed by atoms with Crippen molar-refractivity contribution in [1.82, 2.24) is 4.90 Å². The summed E-state index contributed by atoms with van der Waals surface area (Å²) in [4.78, 5) is 38.6. The van der Waals surface area contributed by atoms with Crippen molar-refractivity contribution in [3.05, 3.63) is 59.7 Å². The first kappa shape index (κ1) is 27.5. The van der Waals surface area contributed by atoms with Crippen molar-refractivity contribution in [3.8, 4) is 23.0 Å². The molecule has 2 aromatic rings. The van der Waals surface area contributed by atoms with Crippen LogP contribution in [0.4, 0.5) is 4.79 Å². The number of methoxy groups -OCH3 is 3. The standard InChI is InChI=1S/C28H32N2O7/c1-34-24-12-8-19(15-26(24)35-2)6-10-22(31)17-23(32)11-7-20-9-13-25(27(16-20)36-3)37-28(33)30-14-4-5-21(29)18-30/h6-13,15-16,21H,4-5,14,17-18,29H2,1-3H3/b10-6+,11-7+. The van der Waals surface area contributed by atoms with Gasteiger partial charge in [0.05, 0.1) is 27.8 Å². The number of nitrogens with two attached hydrogens (primary N) is 1. The topological polar surface area (TPSA) is 117 Å². The molecule has 0 bridgehead atoms. The number of carbonyl (C=O) groups is 3. The maximum Gasteiger partial charge on any atom is 0.415 e. The minimum absolute atomic E-state index is 0.0541. The van der Waals surface area contributed by atoms with Crippen molar-refractivity contribution < 1.29 is 33.3 Å². The molecular formula is C28H32N2O7. The van der Waals surface area contributed by atoms with Gasteiger partial charge in [0.1, 0.15) is 0 Å². The van der Waals surface area contributed by atoms with Gasteiger partial charge in [-0.2, -0.15) is 0 Å². The first-order valence-electron chi connectivity index (χ1n) is 11.9. The molecule has 37 heavy (non-hydrogen) atoms. The number of allylic oxidation sites excluding steroid dienone is 2. The highest BCUT2D eigenvalue weighted by Gasteiger charge is 2.23. The molecule has 1 unspecified atom stereocenters. The Balaban J connectivity index is 1.57. The molecule has 1 aliphatic rings. The minimum Gasteiger partial charge on any atom is -0.493 e. The molecule has 1 heterocycles. The largest absolute Gasteiger partial charge is 0.493 e. The van der Waals surface area contributed by atoms with Crippen LogP contribution in [0.2, 0.25) is 0 Å². The lowest BCUT2D eigenvalue weighted by molar-refractivity contribution is -0.121. The van der Waals surface area contributed by atoms with E-state index in [4.69, 9.17) is 24.7 Å². The Kier molecular flexibility index (Phi) is 9.85. The fourth-order valence-corrected chi connectivity index (χ4v) is 3.83. The van der Waals surface area contributed by atoms with Crippen LogP contribution in [0.15, 0.2) is 48.6 Å². The molecule has 1 atom stereocenters. The van der Waals surface area contributed by atoms with Crippen LogP contribution in [0.1, 0.15) is 30.4 Å². The Labute approximate surface area is 216 Å². The van der Waals surface area contributed by atoms with E-state index in [-0.39, 0.29) is 29.8 Å². The molecule has 3 rings (SSSR count). The van der Waals surface area contributed by atoms with Crippen LogP contribution >= 0.6 is 0 Å². The van der Waals surface area contributed by atoms with Gasteiger partial charge in [0.2, 0.25) is 0 Å². The Morgan fingerprint density at radius 3 is 1.95 bits per heavy atom. The predicted molar refractivity (Wildman–Crippen MR) is 140 cm³/mol. The number of piperidine rings is 1. The van der Waals surface area contributed by atoms with Gasteiger partial charge in [0.15, 0.2) is 34.6 Å². The summed E-state index contributed by atoms with van der Waals surface area (Å²) >= 11 is 0. The normalized spacial score (nSPS) is 15.6. The van der Waals surface area contributed by atoms with Crippen LogP contribution in [0.25, 0.3) is 12.2 Å². The molecule has 0 spiro atoms. The van der Waals surface area contributed by atoms with Gasteiger partial charge in [-0.3, -0.25) is 9.59 Å². The molecule has 1 saturated heterocycles. The smallest absolute Gasteiger partial charge is 0.415 e. The van der Waals surface area contributed by atoms with Crippen molar-refractivity contribution in [2.24, 2.45) is 5.73 Å². The van der Waals surface area contributed by atoms with E-state index >= 15 is 0 Å². The second-order valence-electron chi connectivity index (χ2n) is 8.52. The van der Waals surface area contributed by atoms with Gasteiger partial charge in [-0.25, -0.2) is 4.79 Å². The number of nitrogens with zero attached hydrogens (tertiary/aromatic N) is 1. The number of hydrogen-bond donors (Lipinski definition) is 1. The molecule has 196 valence electrons. The van der Waals surface area contributed by atoms with Crippen molar-refractivity contribution in [1.29, 1.82) is 0 Å². The zero-order valence-electron chi connectivity index (χ0n) is 21.3. The molecule has 0 aromatic heterocycles. The highest BCUT2D eigenvalue weighted by molar-refractivity contribution is 6.10. The molecule has 2 N–H and O–H groups in total. The summed E-state index contributed by atoms with van der Waals surface area (Å²) in [5.74, 6) is 1.06. The van der Waals surface area contributed by atoms with Gasteiger partial charge in [0.25, 0.3) is 0 Å². The maximum atomic E-state index is 12.5. The van der Waals surface area contributed by atoms with E-state index in [1.807, 2.05) is 0 Å².